The van der Waals surface area contributed by atoms with E-state index >= 15 is 0 Å². The monoisotopic (exact) mass is 309 g/mol. The lowest BCUT2D eigenvalue weighted by Crippen LogP contribution is -2.22. The average Bonchev–Trinajstić information content (AvgIpc) is 3.24. The molecule has 1 saturated carbocycles. The molecule has 0 spiro atoms. The number of aromatic nitrogens is 2. The molecule has 1 atom stereocenters. The van der Waals surface area contributed by atoms with Gasteiger partial charge in [-0.05, 0) is 60.6 Å². The molecule has 23 heavy (non-hydrogen) atoms. The largest absolute Gasteiger partial charge is 0.361 e. The lowest BCUT2D eigenvalue weighted by molar-refractivity contribution is 0.338. The van der Waals surface area contributed by atoms with Crippen LogP contribution in [-0.4, -0.2) is 28.4 Å². The van der Waals surface area contributed by atoms with E-state index in [0.29, 0.717) is 6.42 Å². The summed E-state index contributed by atoms with van der Waals surface area (Å²) >= 11 is 0. The van der Waals surface area contributed by atoms with Crippen LogP contribution < -0.4 is 0 Å². The van der Waals surface area contributed by atoms with E-state index in [2.05, 4.69) is 21.0 Å². The second-order valence-corrected chi connectivity index (χ2v) is 6.42. The highest BCUT2D eigenvalue weighted by molar-refractivity contribution is 6.16. The molecule has 1 unspecified atom stereocenters. The number of pyridine rings is 1. The van der Waals surface area contributed by atoms with Crippen molar-refractivity contribution < 1.29 is 4.39 Å². The van der Waals surface area contributed by atoms with Gasteiger partial charge in [0.1, 0.15) is 6.17 Å². The number of halogens is 1. The van der Waals surface area contributed by atoms with Crippen LogP contribution in [0.5, 0.6) is 0 Å². The molecular formula is C19H20FN3. The molecule has 1 aliphatic heterocycles. The zero-order valence-corrected chi connectivity index (χ0v) is 13.0. The minimum absolute atomic E-state index is 0.245. The van der Waals surface area contributed by atoms with E-state index in [0.717, 1.165) is 34.9 Å². The number of hydrogen-bond acceptors (Lipinski definition) is 2. The van der Waals surface area contributed by atoms with E-state index in [1.807, 2.05) is 30.6 Å². The van der Waals surface area contributed by atoms with Crippen LogP contribution in [0.15, 0.2) is 53.4 Å². The van der Waals surface area contributed by atoms with Crippen molar-refractivity contribution in [3.63, 3.8) is 0 Å². The second-order valence-electron chi connectivity index (χ2n) is 6.42. The summed E-state index contributed by atoms with van der Waals surface area (Å²) in [6, 6.07) is 7.99. The highest BCUT2D eigenvalue weighted by Crippen LogP contribution is 2.41. The molecule has 4 rings (SSSR count). The molecule has 1 fully saturated rings. The number of H-pyrrole nitrogens is 1. The van der Waals surface area contributed by atoms with E-state index in [9.17, 15) is 4.39 Å². The standard InChI is InChI=1S/C19H20FN3/c20-15-10-17(19(23-12-15)14-3-1-7-21-11-14)16(9-13-5-6-13)18-4-2-8-22-18/h1-4,7-8,11,13,15,22H,5-6,9-10,12H2. The predicted molar refractivity (Wildman–Crippen MR) is 90.2 cm³/mol. The average molecular weight is 309 g/mol. The van der Waals surface area contributed by atoms with Crippen molar-refractivity contribution in [3.05, 3.63) is 59.7 Å². The summed E-state index contributed by atoms with van der Waals surface area (Å²) in [6.07, 6.45) is 8.60. The van der Waals surface area contributed by atoms with E-state index in [4.69, 9.17) is 0 Å². The maximum absolute atomic E-state index is 14.1. The summed E-state index contributed by atoms with van der Waals surface area (Å²) < 4.78 is 14.1. The normalized spacial score (nSPS) is 23.5. The minimum atomic E-state index is -0.894. The Morgan fingerprint density at radius 2 is 2.17 bits per heavy atom. The first kappa shape index (κ1) is 14.4. The number of nitrogens with one attached hydrogen (secondary N) is 1. The maximum Gasteiger partial charge on any atom is 0.124 e. The molecule has 118 valence electrons. The summed E-state index contributed by atoms with van der Waals surface area (Å²) in [4.78, 5) is 12.1. The van der Waals surface area contributed by atoms with Gasteiger partial charge in [0.2, 0.25) is 0 Å². The third-order valence-electron chi connectivity index (χ3n) is 4.57. The first-order chi connectivity index (χ1) is 11.3. The van der Waals surface area contributed by atoms with Crippen molar-refractivity contribution in [2.75, 3.05) is 6.54 Å². The van der Waals surface area contributed by atoms with Gasteiger partial charge in [0.15, 0.2) is 0 Å². The molecule has 2 aromatic heterocycles. The number of rotatable bonds is 4. The minimum Gasteiger partial charge on any atom is -0.361 e. The molecule has 2 aromatic rings. The molecule has 1 aliphatic carbocycles. The van der Waals surface area contributed by atoms with Crippen molar-refractivity contribution in [2.45, 2.75) is 31.9 Å². The third-order valence-corrected chi connectivity index (χ3v) is 4.57. The predicted octanol–water partition coefficient (Wildman–Crippen LogP) is 4.19. The molecule has 0 amide bonds. The Morgan fingerprint density at radius 3 is 2.87 bits per heavy atom. The molecule has 4 heteroatoms. The van der Waals surface area contributed by atoms with Gasteiger partial charge in [-0.25, -0.2) is 4.39 Å². The first-order valence-electron chi connectivity index (χ1n) is 8.26. The molecule has 3 nitrogen and oxygen atoms in total. The van der Waals surface area contributed by atoms with Gasteiger partial charge in [0.05, 0.1) is 12.3 Å². The Bertz CT molecular complexity index is 727. The quantitative estimate of drug-likeness (QED) is 0.903. The Hall–Kier alpha value is -2.23. The molecule has 0 radical (unpaired) electrons. The zero-order chi connectivity index (χ0) is 15.6. The zero-order valence-electron chi connectivity index (χ0n) is 13.0. The van der Waals surface area contributed by atoms with Crippen molar-refractivity contribution in [3.8, 4) is 0 Å². The van der Waals surface area contributed by atoms with Gasteiger partial charge in [0.25, 0.3) is 0 Å². The summed E-state index contributed by atoms with van der Waals surface area (Å²) in [6.45, 7) is 0.245. The van der Waals surface area contributed by atoms with Crippen LogP contribution in [-0.2, 0) is 0 Å². The van der Waals surface area contributed by atoms with Crippen LogP contribution >= 0.6 is 0 Å². The molecule has 1 N–H and O–H groups in total. The Labute approximate surface area is 135 Å². The number of hydrogen-bond donors (Lipinski definition) is 1. The first-order valence-corrected chi connectivity index (χ1v) is 8.26. The fourth-order valence-electron chi connectivity index (χ4n) is 3.23. The van der Waals surface area contributed by atoms with Crippen LogP contribution in [0.2, 0.25) is 0 Å². The number of aromatic amines is 1. The summed E-state index contributed by atoms with van der Waals surface area (Å²) in [5.41, 5.74) is 5.26. The summed E-state index contributed by atoms with van der Waals surface area (Å²) in [5, 5.41) is 0. The van der Waals surface area contributed by atoms with Crippen LogP contribution in [0.4, 0.5) is 4.39 Å². The van der Waals surface area contributed by atoms with Crippen LogP contribution in [0.1, 0.15) is 36.9 Å². The van der Waals surface area contributed by atoms with E-state index in [-0.39, 0.29) is 6.54 Å². The molecule has 0 aromatic carbocycles. The van der Waals surface area contributed by atoms with E-state index in [1.54, 1.807) is 6.20 Å². The molecule has 0 saturated heterocycles. The smallest absolute Gasteiger partial charge is 0.124 e. The highest BCUT2D eigenvalue weighted by atomic mass is 19.1. The Balaban J connectivity index is 1.82. The second kappa shape index (κ2) is 6.11. The third kappa shape index (κ3) is 3.11. The number of nitrogens with zero attached hydrogens (tertiary/aromatic N) is 2. The van der Waals surface area contributed by atoms with Crippen LogP contribution in [0.25, 0.3) is 5.57 Å². The number of alkyl halides is 1. The Morgan fingerprint density at radius 1 is 1.26 bits per heavy atom. The SMILES string of the molecule is FC1CN=C(c2cccnc2)C(=C(CC2CC2)c2ccc[nH]2)C1. The van der Waals surface area contributed by atoms with Gasteiger partial charge >= 0.3 is 0 Å². The van der Waals surface area contributed by atoms with Crippen LogP contribution in [0.3, 0.4) is 0 Å². The number of aliphatic imine (C=N–C) groups is 1. The number of allylic oxidation sites excluding steroid dienone is 2. The van der Waals surface area contributed by atoms with Crippen LogP contribution in [0, 0.1) is 5.92 Å². The van der Waals surface area contributed by atoms with Gasteiger partial charge in [-0.3, -0.25) is 9.98 Å². The van der Waals surface area contributed by atoms with Crippen molar-refractivity contribution in [1.29, 1.82) is 0 Å². The van der Waals surface area contributed by atoms with Gasteiger partial charge in [-0.2, -0.15) is 0 Å². The summed E-state index contributed by atoms with van der Waals surface area (Å²) in [5.74, 6) is 0.732. The molecule has 2 aliphatic rings. The van der Waals surface area contributed by atoms with Gasteiger partial charge in [-0.15, -0.1) is 0 Å². The Kier molecular flexibility index (Phi) is 3.82. The van der Waals surface area contributed by atoms with Gasteiger partial charge in [0, 0.05) is 36.3 Å². The van der Waals surface area contributed by atoms with E-state index < -0.39 is 6.17 Å². The van der Waals surface area contributed by atoms with Crippen molar-refractivity contribution >= 4 is 11.3 Å². The highest BCUT2D eigenvalue weighted by Gasteiger charge is 2.29. The molecule has 3 heterocycles. The van der Waals surface area contributed by atoms with Gasteiger partial charge < -0.3 is 4.98 Å². The molecular weight excluding hydrogens is 289 g/mol. The van der Waals surface area contributed by atoms with Crippen molar-refractivity contribution in [2.24, 2.45) is 10.9 Å². The van der Waals surface area contributed by atoms with E-state index in [1.165, 1.54) is 18.4 Å². The van der Waals surface area contributed by atoms with Gasteiger partial charge in [-0.1, -0.05) is 0 Å². The fraction of sp³-hybridized carbons (Fsp3) is 0.368. The lowest BCUT2D eigenvalue weighted by Gasteiger charge is -2.23. The summed E-state index contributed by atoms with van der Waals surface area (Å²) in [7, 11) is 0. The topological polar surface area (TPSA) is 41.0 Å². The maximum atomic E-state index is 14.1. The lowest BCUT2D eigenvalue weighted by atomic mass is 9.88. The fourth-order valence-corrected chi connectivity index (χ4v) is 3.23. The molecule has 0 bridgehead atoms. The van der Waals surface area contributed by atoms with Crippen molar-refractivity contribution in [1.82, 2.24) is 9.97 Å².